The standard InChI is InChI=1S/C20H29N5O.HI/c1-15-13-16(2)25(24-15)19-9-5-4-7-17(19)14-23-20(21-3)22-11-10-18-8-6-12-26-18;/h4-5,7,9,13,18H,6,8,10-12,14H2,1-3H3,(H2,21,22,23);1H. The van der Waals surface area contributed by atoms with E-state index in [4.69, 9.17) is 4.74 Å². The Bertz CT molecular complexity index is 753. The Balaban J connectivity index is 0.00000261. The molecule has 1 atom stereocenters. The van der Waals surface area contributed by atoms with Crippen LogP contribution in [0.15, 0.2) is 35.3 Å². The predicted molar refractivity (Wildman–Crippen MR) is 120 cm³/mol. The molecule has 7 heteroatoms. The second-order valence-electron chi connectivity index (χ2n) is 6.74. The van der Waals surface area contributed by atoms with E-state index in [1.807, 2.05) is 17.7 Å². The van der Waals surface area contributed by atoms with Gasteiger partial charge in [-0.25, -0.2) is 4.68 Å². The number of nitrogens with zero attached hydrogens (tertiary/aromatic N) is 3. The lowest BCUT2D eigenvalue weighted by Crippen LogP contribution is -2.38. The number of halogens is 1. The number of aryl methyl sites for hydroxylation is 2. The molecule has 0 saturated carbocycles. The topological polar surface area (TPSA) is 63.5 Å². The van der Waals surface area contributed by atoms with Crippen molar-refractivity contribution in [2.24, 2.45) is 4.99 Å². The van der Waals surface area contributed by atoms with E-state index in [-0.39, 0.29) is 24.0 Å². The second-order valence-corrected chi connectivity index (χ2v) is 6.74. The molecule has 3 rings (SSSR count). The summed E-state index contributed by atoms with van der Waals surface area (Å²) in [6.45, 7) is 6.55. The van der Waals surface area contributed by atoms with Crippen LogP contribution in [0.2, 0.25) is 0 Å². The quantitative estimate of drug-likeness (QED) is 0.376. The summed E-state index contributed by atoms with van der Waals surface area (Å²) in [5.41, 5.74) is 4.44. The molecule has 6 nitrogen and oxygen atoms in total. The fraction of sp³-hybridized carbons (Fsp3) is 0.500. The van der Waals surface area contributed by atoms with Crippen LogP contribution in [0.5, 0.6) is 0 Å². The molecule has 1 unspecified atom stereocenters. The van der Waals surface area contributed by atoms with Gasteiger partial charge in [0.25, 0.3) is 0 Å². The Hall–Kier alpha value is -1.61. The number of ether oxygens (including phenoxy) is 1. The summed E-state index contributed by atoms with van der Waals surface area (Å²) in [7, 11) is 1.80. The van der Waals surface area contributed by atoms with Crippen LogP contribution < -0.4 is 10.6 Å². The number of aromatic nitrogens is 2. The van der Waals surface area contributed by atoms with Crippen LogP contribution in [0.1, 0.15) is 36.2 Å². The van der Waals surface area contributed by atoms with Crippen LogP contribution in [-0.2, 0) is 11.3 Å². The number of hydrogen-bond acceptors (Lipinski definition) is 3. The van der Waals surface area contributed by atoms with Gasteiger partial charge in [0, 0.05) is 32.4 Å². The summed E-state index contributed by atoms with van der Waals surface area (Å²) in [5, 5.41) is 11.4. The Morgan fingerprint density at radius 3 is 2.78 bits per heavy atom. The maximum atomic E-state index is 5.67. The first kappa shape index (κ1) is 21.7. The van der Waals surface area contributed by atoms with Gasteiger partial charge in [-0.15, -0.1) is 24.0 Å². The maximum absolute atomic E-state index is 5.67. The molecule has 0 spiro atoms. The highest BCUT2D eigenvalue weighted by Crippen LogP contribution is 2.17. The molecule has 148 valence electrons. The summed E-state index contributed by atoms with van der Waals surface area (Å²) in [5.74, 6) is 0.811. The molecule has 27 heavy (non-hydrogen) atoms. The van der Waals surface area contributed by atoms with Crippen LogP contribution in [0.4, 0.5) is 0 Å². The Morgan fingerprint density at radius 1 is 1.30 bits per heavy atom. The van der Waals surface area contributed by atoms with E-state index in [0.29, 0.717) is 12.6 Å². The highest BCUT2D eigenvalue weighted by atomic mass is 127. The number of aliphatic imine (C=N–C) groups is 1. The van der Waals surface area contributed by atoms with E-state index >= 15 is 0 Å². The number of para-hydroxylation sites is 1. The average molecular weight is 483 g/mol. The fourth-order valence-corrected chi connectivity index (χ4v) is 3.36. The SMILES string of the molecule is CN=C(NCCC1CCCO1)NCc1ccccc1-n1nc(C)cc1C.I. The minimum atomic E-state index is 0. The minimum Gasteiger partial charge on any atom is -0.378 e. The van der Waals surface area contributed by atoms with Gasteiger partial charge in [0.1, 0.15) is 0 Å². The zero-order valence-electron chi connectivity index (χ0n) is 16.4. The average Bonchev–Trinajstić information content (AvgIpc) is 3.27. The number of rotatable bonds is 6. The lowest BCUT2D eigenvalue weighted by Gasteiger charge is -2.16. The van der Waals surface area contributed by atoms with Gasteiger partial charge in [-0.2, -0.15) is 5.10 Å². The predicted octanol–water partition coefficient (Wildman–Crippen LogP) is 3.34. The van der Waals surface area contributed by atoms with Crippen molar-refractivity contribution < 1.29 is 4.74 Å². The van der Waals surface area contributed by atoms with E-state index < -0.39 is 0 Å². The molecule has 2 heterocycles. The van der Waals surface area contributed by atoms with Gasteiger partial charge >= 0.3 is 0 Å². The third-order valence-corrected chi connectivity index (χ3v) is 4.68. The van der Waals surface area contributed by atoms with E-state index in [9.17, 15) is 0 Å². The molecule has 0 radical (unpaired) electrons. The molecule has 1 aliphatic heterocycles. The van der Waals surface area contributed by atoms with Crippen molar-refractivity contribution in [2.45, 2.75) is 45.8 Å². The summed E-state index contributed by atoms with van der Waals surface area (Å²) in [4.78, 5) is 4.32. The first-order chi connectivity index (χ1) is 12.7. The summed E-state index contributed by atoms with van der Waals surface area (Å²) < 4.78 is 7.67. The number of benzene rings is 1. The molecule has 0 aliphatic carbocycles. The van der Waals surface area contributed by atoms with Crippen molar-refractivity contribution in [3.8, 4) is 5.69 Å². The number of guanidine groups is 1. The van der Waals surface area contributed by atoms with Crippen LogP contribution in [0.25, 0.3) is 5.69 Å². The maximum Gasteiger partial charge on any atom is 0.191 e. The van der Waals surface area contributed by atoms with Gasteiger partial charge in [-0.3, -0.25) is 4.99 Å². The highest BCUT2D eigenvalue weighted by molar-refractivity contribution is 14.0. The third kappa shape index (κ3) is 5.93. The van der Waals surface area contributed by atoms with Gasteiger partial charge in [0.2, 0.25) is 0 Å². The monoisotopic (exact) mass is 483 g/mol. The molecule has 2 aromatic rings. The van der Waals surface area contributed by atoms with Crippen molar-refractivity contribution in [3.05, 3.63) is 47.3 Å². The largest absolute Gasteiger partial charge is 0.378 e. The summed E-state index contributed by atoms with van der Waals surface area (Å²) >= 11 is 0. The normalized spacial score (nSPS) is 16.9. The third-order valence-electron chi connectivity index (χ3n) is 4.68. The minimum absolute atomic E-state index is 0. The lowest BCUT2D eigenvalue weighted by atomic mass is 10.1. The molecule has 1 aromatic carbocycles. The van der Waals surface area contributed by atoms with E-state index in [1.54, 1.807) is 7.05 Å². The first-order valence-corrected chi connectivity index (χ1v) is 9.35. The Morgan fingerprint density at radius 2 is 2.11 bits per heavy atom. The van der Waals surface area contributed by atoms with Crippen LogP contribution in [0, 0.1) is 13.8 Å². The summed E-state index contributed by atoms with van der Waals surface area (Å²) in [6, 6.07) is 10.4. The lowest BCUT2D eigenvalue weighted by molar-refractivity contribution is 0.105. The van der Waals surface area contributed by atoms with Crippen molar-refractivity contribution in [3.63, 3.8) is 0 Å². The van der Waals surface area contributed by atoms with Crippen molar-refractivity contribution >= 4 is 29.9 Å². The molecule has 1 fully saturated rings. The number of nitrogens with one attached hydrogen (secondary N) is 2. The molecule has 0 amide bonds. The number of hydrogen-bond donors (Lipinski definition) is 2. The van der Waals surface area contributed by atoms with Gasteiger partial charge < -0.3 is 15.4 Å². The molecule has 2 N–H and O–H groups in total. The van der Waals surface area contributed by atoms with Crippen LogP contribution in [0.3, 0.4) is 0 Å². The van der Waals surface area contributed by atoms with Crippen molar-refractivity contribution in [2.75, 3.05) is 20.2 Å². The fourth-order valence-electron chi connectivity index (χ4n) is 3.36. The molecule has 1 aromatic heterocycles. The van der Waals surface area contributed by atoms with Crippen molar-refractivity contribution in [1.82, 2.24) is 20.4 Å². The molecular formula is C20H30IN5O. The summed E-state index contributed by atoms with van der Waals surface area (Å²) in [6.07, 6.45) is 3.76. The van der Waals surface area contributed by atoms with E-state index in [0.717, 1.165) is 42.6 Å². The molecule has 0 bridgehead atoms. The smallest absolute Gasteiger partial charge is 0.191 e. The highest BCUT2D eigenvalue weighted by Gasteiger charge is 2.15. The van der Waals surface area contributed by atoms with E-state index in [2.05, 4.69) is 51.9 Å². The van der Waals surface area contributed by atoms with Gasteiger partial charge in [-0.1, -0.05) is 18.2 Å². The van der Waals surface area contributed by atoms with Crippen LogP contribution >= 0.6 is 24.0 Å². The van der Waals surface area contributed by atoms with Gasteiger partial charge in [0.15, 0.2) is 5.96 Å². The van der Waals surface area contributed by atoms with Gasteiger partial charge in [0.05, 0.1) is 17.5 Å². The van der Waals surface area contributed by atoms with Gasteiger partial charge in [-0.05, 0) is 50.8 Å². The first-order valence-electron chi connectivity index (χ1n) is 9.35. The van der Waals surface area contributed by atoms with Crippen molar-refractivity contribution in [1.29, 1.82) is 0 Å². The Kier molecular flexibility index (Phi) is 8.56. The molecule has 1 aliphatic rings. The Labute approximate surface area is 178 Å². The zero-order chi connectivity index (χ0) is 18.4. The molecular weight excluding hydrogens is 453 g/mol. The van der Waals surface area contributed by atoms with E-state index in [1.165, 1.54) is 18.4 Å². The zero-order valence-corrected chi connectivity index (χ0v) is 18.7. The van der Waals surface area contributed by atoms with Crippen LogP contribution in [-0.4, -0.2) is 42.0 Å². The molecule has 1 saturated heterocycles. The second kappa shape index (κ2) is 10.7.